The predicted octanol–water partition coefficient (Wildman–Crippen LogP) is 2.66. The van der Waals surface area contributed by atoms with Crippen LogP contribution in [-0.2, 0) is 9.53 Å². The van der Waals surface area contributed by atoms with E-state index in [1.54, 1.807) is 24.3 Å². The lowest BCUT2D eigenvalue weighted by molar-refractivity contribution is -0.123. The number of hydrogen-bond acceptors (Lipinski definition) is 7. The van der Waals surface area contributed by atoms with E-state index in [-0.39, 0.29) is 5.56 Å². The summed E-state index contributed by atoms with van der Waals surface area (Å²) >= 11 is 0. The molecule has 0 spiro atoms. The summed E-state index contributed by atoms with van der Waals surface area (Å²) in [6.07, 6.45) is -1.02. The molecule has 1 aliphatic heterocycles. The van der Waals surface area contributed by atoms with Crippen molar-refractivity contribution >= 4 is 17.6 Å². The van der Waals surface area contributed by atoms with E-state index >= 15 is 0 Å². The summed E-state index contributed by atoms with van der Waals surface area (Å²) in [6.45, 7) is 2.42. The minimum atomic E-state index is -1.02. The van der Waals surface area contributed by atoms with E-state index < -0.39 is 18.0 Å². The van der Waals surface area contributed by atoms with Crippen LogP contribution >= 0.6 is 0 Å². The topological polar surface area (TPSA) is 92.3 Å². The zero-order valence-electron chi connectivity index (χ0n) is 15.8. The predicted molar refractivity (Wildman–Crippen MR) is 100 cm³/mol. The van der Waals surface area contributed by atoms with Crippen LogP contribution in [0.5, 0.6) is 23.0 Å². The van der Waals surface area contributed by atoms with Crippen LogP contribution in [0.1, 0.15) is 17.3 Å². The number of nitrogens with one attached hydrogen (secondary N) is 1. The van der Waals surface area contributed by atoms with Gasteiger partial charge in [0.05, 0.1) is 19.8 Å². The lowest BCUT2D eigenvalue weighted by Crippen LogP contribution is -2.30. The van der Waals surface area contributed by atoms with Crippen molar-refractivity contribution in [2.24, 2.45) is 0 Å². The zero-order valence-corrected chi connectivity index (χ0v) is 15.8. The fourth-order valence-electron chi connectivity index (χ4n) is 2.57. The van der Waals surface area contributed by atoms with Gasteiger partial charge in [-0.1, -0.05) is 0 Å². The van der Waals surface area contributed by atoms with Gasteiger partial charge < -0.3 is 29.0 Å². The number of methoxy groups -OCH3 is 2. The smallest absolute Gasteiger partial charge is 0.339 e. The van der Waals surface area contributed by atoms with Gasteiger partial charge in [0.2, 0.25) is 0 Å². The Bertz CT molecular complexity index is 859. The lowest BCUT2D eigenvalue weighted by Gasteiger charge is -2.19. The number of carbonyl (C=O) groups excluding carboxylic acids is 2. The molecule has 1 atom stereocenters. The molecular formula is C20H21NO7. The third-order valence-corrected chi connectivity index (χ3v) is 4.05. The van der Waals surface area contributed by atoms with Gasteiger partial charge in [0.15, 0.2) is 17.6 Å². The summed E-state index contributed by atoms with van der Waals surface area (Å²) in [6, 6.07) is 9.71. The Balaban J connectivity index is 1.64. The first-order valence-electron chi connectivity index (χ1n) is 8.64. The molecule has 0 aromatic heterocycles. The maximum Gasteiger partial charge on any atom is 0.339 e. The van der Waals surface area contributed by atoms with Crippen molar-refractivity contribution in [3.05, 3.63) is 42.0 Å². The van der Waals surface area contributed by atoms with Crippen LogP contribution in [0.15, 0.2) is 36.4 Å². The summed E-state index contributed by atoms with van der Waals surface area (Å²) in [5.74, 6) is 0.925. The summed E-state index contributed by atoms with van der Waals surface area (Å²) in [7, 11) is 2.96. The van der Waals surface area contributed by atoms with Gasteiger partial charge in [-0.2, -0.15) is 0 Å². The van der Waals surface area contributed by atoms with E-state index in [2.05, 4.69) is 5.32 Å². The van der Waals surface area contributed by atoms with Gasteiger partial charge in [0.1, 0.15) is 24.7 Å². The highest BCUT2D eigenvalue weighted by Crippen LogP contribution is 2.32. The van der Waals surface area contributed by atoms with Gasteiger partial charge in [0.25, 0.3) is 5.91 Å². The molecule has 8 heteroatoms. The minimum absolute atomic E-state index is 0.218. The maximum atomic E-state index is 12.4. The molecule has 8 nitrogen and oxygen atoms in total. The monoisotopic (exact) mass is 387 g/mol. The number of carbonyl (C=O) groups is 2. The first-order valence-corrected chi connectivity index (χ1v) is 8.64. The van der Waals surface area contributed by atoms with Crippen molar-refractivity contribution < 1.29 is 33.3 Å². The van der Waals surface area contributed by atoms with Gasteiger partial charge in [-0.15, -0.1) is 0 Å². The van der Waals surface area contributed by atoms with E-state index in [4.69, 9.17) is 23.7 Å². The molecule has 148 valence electrons. The maximum absolute atomic E-state index is 12.4. The summed E-state index contributed by atoms with van der Waals surface area (Å²) in [5.41, 5.74) is 0.732. The molecule has 1 N–H and O–H groups in total. The molecule has 1 amide bonds. The van der Waals surface area contributed by atoms with Crippen molar-refractivity contribution in [2.45, 2.75) is 13.0 Å². The first-order chi connectivity index (χ1) is 13.5. The first kappa shape index (κ1) is 19.3. The van der Waals surface area contributed by atoms with Crippen LogP contribution in [0.25, 0.3) is 0 Å². The highest BCUT2D eigenvalue weighted by molar-refractivity contribution is 5.97. The Morgan fingerprint density at radius 2 is 1.61 bits per heavy atom. The van der Waals surface area contributed by atoms with Crippen LogP contribution in [0.4, 0.5) is 5.69 Å². The van der Waals surface area contributed by atoms with E-state index in [0.29, 0.717) is 41.9 Å². The standard InChI is InChI=1S/C20H21NO7/c1-12(28-20(23)13-8-15(24-2)11-16(9-13)25-3)19(22)21-14-4-5-17-18(10-14)27-7-6-26-17/h4-5,8-12H,6-7H2,1-3H3,(H,21,22). The van der Waals surface area contributed by atoms with Crippen LogP contribution in [-0.4, -0.2) is 45.4 Å². The second kappa shape index (κ2) is 8.51. The molecule has 0 aliphatic carbocycles. The Hall–Kier alpha value is -3.42. The SMILES string of the molecule is COc1cc(OC)cc(C(=O)OC(C)C(=O)Nc2ccc3c(c2)OCCO3)c1. The number of anilines is 1. The van der Waals surface area contributed by atoms with E-state index in [1.807, 2.05) is 0 Å². The molecular weight excluding hydrogens is 366 g/mol. The van der Waals surface area contributed by atoms with Gasteiger partial charge in [0, 0.05) is 17.8 Å². The number of amides is 1. The van der Waals surface area contributed by atoms with Crippen molar-refractivity contribution in [3.63, 3.8) is 0 Å². The van der Waals surface area contributed by atoms with Gasteiger partial charge in [-0.3, -0.25) is 4.79 Å². The van der Waals surface area contributed by atoms with E-state index in [9.17, 15) is 9.59 Å². The normalized spacial score (nSPS) is 13.2. The number of hydrogen-bond donors (Lipinski definition) is 1. The molecule has 0 fully saturated rings. The quantitative estimate of drug-likeness (QED) is 0.762. The van der Waals surface area contributed by atoms with Crippen LogP contribution in [0, 0.1) is 0 Å². The second-order valence-electron chi connectivity index (χ2n) is 6.00. The number of benzene rings is 2. The third kappa shape index (κ3) is 4.46. The van der Waals surface area contributed by atoms with Gasteiger partial charge >= 0.3 is 5.97 Å². The third-order valence-electron chi connectivity index (χ3n) is 4.05. The van der Waals surface area contributed by atoms with Crippen molar-refractivity contribution in [1.29, 1.82) is 0 Å². The summed E-state index contributed by atoms with van der Waals surface area (Å²) in [4.78, 5) is 24.8. The Morgan fingerprint density at radius 1 is 0.964 bits per heavy atom. The molecule has 3 rings (SSSR count). The largest absolute Gasteiger partial charge is 0.497 e. The molecule has 2 aromatic rings. The minimum Gasteiger partial charge on any atom is -0.497 e. The van der Waals surface area contributed by atoms with Crippen molar-refractivity contribution in [2.75, 3.05) is 32.8 Å². The lowest BCUT2D eigenvalue weighted by atomic mass is 10.2. The molecule has 28 heavy (non-hydrogen) atoms. The highest BCUT2D eigenvalue weighted by atomic mass is 16.6. The van der Waals surface area contributed by atoms with E-state index in [0.717, 1.165) is 0 Å². The van der Waals surface area contributed by atoms with Crippen molar-refractivity contribution in [3.8, 4) is 23.0 Å². The fraction of sp³-hybridized carbons (Fsp3) is 0.300. The Labute approximate surface area is 162 Å². The zero-order chi connectivity index (χ0) is 20.1. The summed E-state index contributed by atoms with van der Waals surface area (Å²) < 4.78 is 26.5. The van der Waals surface area contributed by atoms with Gasteiger partial charge in [-0.25, -0.2) is 4.79 Å². The molecule has 1 heterocycles. The van der Waals surface area contributed by atoms with Crippen LogP contribution in [0.2, 0.25) is 0 Å². The second-order valence-corrected chi connectivity index (χ2v) is 6.00. The number of fused-ring (bicyclic) bond motifs is 1. The molecule has 0 saturated heterocycles. The number of esters is 1. The average Bonchev–Trinajstić information content (AvgIpc) is 2.73. The number of ether oxygens (including phenoxy) is 5. The Kier molecular flexibility index (Phi) is 5.88. The average molecular weight is 387 g/mol. The molecule has 0 bridgehead atoms. The Morgan fingerprint density at radius 3 is 2.25 bits per heavy atom. The van der Waals surface area contributed by atoms with Crippen LogP contribution < -0.4 is 24.3 Å². The fourth-order valence-corrected chi connectivity index (χ4v) is 2.57. The molecule has 0 saturated carbocycles. The van der Waals surface area contributed by atoms with E-state index in [1.165, 1.54) is 33.3 Å². The summed E-state index contributed by atoms with van der Waals surface area (Å²) in [5, 5.41) is 2.69. The van der Waals surface area contributed by atoms with Crippen LogP contribution in [0.3, 0.4) is 0 Å². The molecule has 0 radical (unpaired) electrons. The number of rotatable bonds is 6. The highest BCUT2D eigenvalue weighted by Gasteiger charge is 2.21. The molecule has 1 aliphatic rings. The molecule has 2 aromatic carbocycles. The van der Waals surface area contributed by atoms with Crippen molar-refractivity contribution in [1.82, 2.24) is 0 Å². The van der Waals surface area contributed by atoms with Gasteiger partial charge in [-0.05, 0) is 31.2 Å². The molecule has 1 unspecified atom stereocenters.